The van der Waals surface area contributed by atoms with Gasteiger partial charge in [-0.25, -0.2) is 8.78 Å². The van der Waals surface area contributed by atoms with Gasteiger partial charge in [0.25, 0.3) is 0 Å². The van der Waals surface area contributed by atoms with Crippen molar-refractivity contribution in [3.63, 3.8) is 0 Å². The summed E-state index contributed by atoms with van der Waals surface area (Å²) in [6.45, 7) is 0. The molecule has 0 rings (SSSR count). The van der Waals surface area contributed by atoms with E-state index in [4.69, 9.17) is 0 Å². The lowest BCUT2D eigenvalue weighted by Gasteiger charge is -2.39. The van der Waals surface area contributed by atoms with E-state index < -0.39 is 47.9 Å². The summed E-state index contributed by atoms with van der Waals surface area (Å²) in [4.78, 5) is 0. The molecule has 0 heterocycles. The van der Waals surface area contributed by atoms with Crippen LogP contribution >= 0.6 is 0 Å². The lowest BCUT2D eigenvalue weighted by molar-refractivity contribution is -0.437. The number of alkyl halides is 13. The summed E-state index contributed by atoms with van der Waals surface area (Å²) in [7, 11) is 0. The van der Waals surface area contributed by atoms with Crippen LogP contribution in [0.15, 0.2) is 5.83 Å². The highest BCUT2D eigenvalue weighted by Gasteiger charge is 2.91. The van der Waals surface area contributed by atoms with Gasteiger partial charge in [0.1, 0.15) is 0 Å². The topological polar surface area (TPSA) is 0 Å². The quantitative estimate of drug-likeness (QED) is 0.567. The fourth-order valence-corrected chi connectivity index (χ4v) is 0.967. The fourth-order valence-electron chi connectivity index (χ4n) is 0.967. The van der Waals surface area contributed by atoms with Gasteiger partial charge in [-0.1, -0.05) is 0 Å². The van der Waals surface area contributed by atoms with E-state index >= 15 is 0 Å². The second-order valence-corrected chi connectivity index (χ2v) is 3.78. The average Bonchev–Trinajstić information content (AvgIpc) is 2.35. The molecular weight excluding hydrogens is 381 g/mol. The van der Waals surface area contributed by atoms with Gasteiger partial charge in [-0.05, 0) is 0 Å². The predicted molar refractivity (Wildman–Crippen MR) is 39.8 cm³/mol. The molecule has 0 saturated carbocycles. The van der Waals surface area contributed by atoms with Crippen molar-refractivity contribution >= 4 is 0 Å². The third-order valence-electron chi connectivity index (χ3n) is 2.29. The predicted octanol–water partition coefficient (Wildman–Crippen LogP) is 5.31. The van der Waals surface area contributed by atoms with Crippen LogP contribution in [-0.4, -0.2) is 35.8 Å². The fraction of sp³-hybridized carbons (Fsp3) is 0.750. The molecule has 0 spiro atoms. The molecule has 0 unspecified atom stereocenters. The third kappa shape index (κ3) is 2.70. The number of halogens is 15. The largest absolute Gasteiger partial charge is 0.460 e. The minimum Gasteiger partial charge on any atom is -0.201 e. The van der Waals surface area contributed by atoms with Gasteiger partial charge < -0.3 is 0 Å². The molecule has 0 aliphatic carbocycles. The van der Waals surface area contributed by atoms with Crippen molar-refractivity contribution in [1.82, 2.24) is 0 Å². The van der Waals surface area contributed by atoms with Crippen molar-refractivity contribution in [1.29, 1.82) is 0 Å². The van der Waals surface area contributed by atoms with Crippen molar-refractivity contribution in [2.45, 2.75) is 35.8 Å². The zero-order valence-corrected chi connectivity index (χ0v) is 9.67. The number of hydrogen-bond acceptors (Lipinski definition) is 0. The molecule has 0 fully saturated rings. The lowest BCUT2D eigenvalue weighted by atomic mass is 9.93. The molecule has 0 atom stereocenters. The van der Waals surface area contributed by atoms with E-state index in [1.165, 1.54) is 0 Å². The molecule has 1 radical (unpaired) electrons. The Morgan fingerprint density at radius 1 is 0.522 bits per heavy atom. The maximum absolute atomic E-state index is 12.7. The van der Waals surface area contributed by atoms with E-state index in [1.54, 1.807) is 0 Å². The summed E-state index contributed by atoms with van der Waals surface area (Å²) in [5.74, 6) is -43.5. The Labute approximate surface area is 115 Å². The van der Waals surface area contributed by atoms with Crippen LogP contribution in [0.3, 0.4) is 0 Å². The van der Waals surface area contributed by atoms with Crippen molar-refractivity contribution in [3.05, 3.63) is 12.2 Å². The minimum atomic E-state index is -8.16. The van der Waals surface area contributed by atoms with Crippen molar-refractivity contribution in [2.75, 3.05) is 0 Å². The monoisotopic (exact) mass is 381 g/mol. The SMILES string of the molecule is F/[C]=C(\F)C(F)(F)C(F)(F)C(F)(F)C(F)(F)C(F)(F)C(F)(F)F. The van der Waals surface area contributed by atoms with Gasteiger partial charge >= 0.3 is 35.8 Å². The highest BCUT2D eigenvalue weighted by atomic mass is 19.4. The van der Waals surface area contributed by atoms with E-state index in [0.29, 0.717) is 0 Å². The van der Waals surface area contributed by atoms with Gasteiger partial charge in [0.2, 0.25) is 5.83 Å². The van der Waals surface area contributed by atoms with Crippen LogP contribution in [0.1, 0.15) is 0 Å². The summed E-state index contributed by atoms with van der Waals surface area (Å²) < 4.78 is 184. The van der Waals surface area contributed by atoms with Crippen molar-refractivity contribution in [3.8, 4) is 0 Å². The minimum absolute atomic E-state index is 0.964. The molecule has 0 amide bonds. The normalized spacial score (nSPS) is 16.7. The van der Waals surface area contributed by atoms with Crippen LogP contribution in [0.4, 0.5) is 65.9 Å². The number of rotatable bonds is 5. The molecule has 23 heavy (non-hydrogen) atoms. The van der Waals surface area contributed by atoms with E-state index in [0.717, 1.165) is 0 Å². The first-order chi connectivity index (χ1) is 9.73. The standard InChI is InChI=1S/C8F15/c9-1-2(10)3(11,12)4(13,14)5(15,16)6(17,18)7(19,20)8(21,22)23. The van der Waals surface area contributed by atoms with E-state index in [2.05, 4.69) is 0 Å². The van der Waals surface area contributed by atoms with Crippen molar-refractivity contribution < 1.29 is 65.9 Å². The smallest absolute Gasteiger partial charge is 0.201 e. The Hall–Kier alpha value is -1.31. The van der Waals surface area contributed by atoms with E-state index in [1.807, 2.05) is 0 Å². The second-order valence-electron chi connectivity index (χ2n) is 3.78. The van der Waals surface area contributed by atoms with E-state index in [-0.39, 0.29) is 0 Å². The van der Waals surface area contributed by atoms with Gasteiger partial charge in [0, 0.05) is 0 Å². The summed E-state index contributed by atoms with van der Waals surface area (Å²) in [6.07, 6.45) is -8.53. The molecular formula is C8F15. The summed E-state index contributed by atoms with van der Waals surface area (Å²) in [6, 6.07) is 0. The molecule has 0 saturated heterocycles. The van der Waals surface area contributed by atoms with Gasteiger partial charge in [-0.3, -0.25) is 0 Å². The van der Waals surface area contributed by atoms with Gasteiger partial charge in [0.05, 0.1) is 0 Å². The Morgan fingerprint density at radius 3 is 1.09 bits per heavy atom. The first kappa shape index (κ1) is 21.7. The van der Waals surface area contributed by atoms with Crippen molar-refractivity contribution in [2.24, 2.45) is 0 Å². The van der Waals surface area contributed by atoms with Crippen LogP contribution in [0.2, 0.25) is 0 Å². The molecule has 0 N–H and O–H groups in total. The first-order valence-electron chi connectivity index (χ1n) is 4.58. The van der Waals surface area contributed by atoms with Gasteiger partial charge in [0.15, 0.2) is 6.33 Å². The second kappa shape index (κ2) is 5.36. The highest BCUT2D eigenvalue weighted by molar-refractivity contribution is 5.16. The molecule has 0 aromatic heterocycles. The Kier molecular flexibility index (Phi) is 5.05. The molecule has 0 aliphatic rings. The van der Waals surface area contributed by atoms with Crippen LogP contribution in [0.25, 0.3) is 0 Å². The number of allylic oxidation sites excluding steroid dienone is 1. The molecule has 0 bridgehead atoms. The summed E-state index contributed by atoms with van der Waals surface area (Å²) in [5.41, 5.74) is 0. The molecule has 137 valence electrons. The molecule has 0 aromatic carbocycles. The first-order valence-corrected chi connectivity index (χ1v) is 4.58. The summed E-state index contributed by atoms with van der Waals surface area (Å²) in [5, 5.41) is 0. The van der Waals surface area contributed by atoms with Crippen LogP contribution < -0.4 is 0 Å². The number of hydrogen-bond donors (Lipinski definition) is 0. The Morgan fingerprint density at radius 2 is 0.826 bits per heavy atom. The highest BCUT2D eigenvalue weighted by Crippen LogP contribution is 2.61. The van der Waals surface area contributed by atoms with Crippen LogP contribution in [0, 0.1) is 6.33 Å². The van der Waals surface area contributed by atoms with Crippen LogP contribution in [0.5, 0.6) is 0 Å². The maximum atomic E-state index is 12.7. The zero-order chi connectivity index (χ0) is 19.3. The Bertz CT molecular complexity index is 466. The third-order valence-corrected chi connectivity index (χ3v) is 2.29. The average molecular weight is 381 g/mol. The summed E-state index contributed by atoms with van der Waals surface area (Å²) >= 11 is 0. The van der Waals surface area contributed by atoms with Gasteiger partial charge in [-0.2, -0.15) is 57.1 Å². The zero-order valence-electron chi connectivity index (χ0n) is 9.67. The maximum Gasteiger partial charge on any atom is 0.460 e. The molecule has 0 aliphatic heterocycles. The lowest BCUT2D eigenvalue weighted by Crippen LogP contribution is -2.70. The molecule has 0 nitrogen and oxygen atoms in total. The molecule has 15 heteroatoms. The van der Waals surface area contributed by atoms with E-state index in [9.17, 15) is 65.9 Å². The van der Waals surface area contributed by atoms with Gasteiger partial charge in [-0.15, -0.1) is 0 Å². The van der Waals surface area contributed by atoms with Crippen LogP contribution in [-0.2, 0) is 0 Å². The Balaban J connectivity index is 6.36. The molecule has 0 aromatic rings.